The maximum atomic E-state index is 14.5. The van der Waals surface area contributed by atoms with Crippen LogP contribution in [0.15, 0.2) is 92.4 Å². The molecule has 0 spiro atoms. The molecule has 0 atom stereocenters. The average Bonchev–Trinajstić information content (AvgIpc) is 3.05. The number of piperidine rings is 2. The fourth-order valence-electron chi connectivity index (χ4n) is 5.71. The number of rotatable bonds is 7. The molecule has 4 aromatic rings. The number of hydrogen-bond acceptors (Lipinski definition) is 5. The minimum atomic E-state index is -0.620. The highest BCUT2D eigenvalue weighted by Crippen LogP contribution is 2.42. The molecule has 0 saturated carbocycles. The predicted octanol–water partition coefficient (Wildman–Crippen LogP) is 9.83. The Labute approximate surface area is 275 Å². The van der Waals surface area contributed by atoms with Gasteiger partial charge in [-0.2, -0.15) is 0 Å². The first kappa shape index (κ1) is 33.7. The topological polar surface area (TPSA) is 33.3 Å². The van der Waals surface area contributed by atoms with E-state index in [9.17, 15) is 17.6 Å². The summed E-state index contributed by atoms with van der Waals surface area (Å²) < 4.78 is 60.8. The standard InChI is InChI=1S/C18H19ClFNOS.C17H16F3NS/c1-22-13-5-6-16(14(19)11-13)23-17-4-2-3-15(20)18(17)12-7-9-21-10-8-12;18-12-4-5-15(14(20)10-12)22-16-3-1-2-13(19)17(16)11-6-8-21-9-7-11/h2-6,11-12,21H,7-10H2,1H3;1-5,10-11,21H,6-9H2. The minimum Gasteiger partial charge on any atom is -0.497 e. The zero-order valence-electron chi connectivity index (χ0n) is 24.9. The zero-order valence-corrected chi connectivity index (χ0v) is 27.2. The number of benzene rings is 4. The van der Waals surface area contributed by atoms with E-state index in [4.69, 9.17) is 16.3 Å². The first-order valence-corrected chi connectivity index (χ1v) is 17.0. The number of halogens is 5. The lowest BCUT2D eigenvalue weighted by Crippen LogP contribution is -2.27. The molecule has 238 valence electrons. The van der Waals surface area contributed by atoms with Gasteiger partial charge in [0.15, 0.2) is 0 Å². The highest BCUT2D eigenvalue weighted by molar-refractivity contribution is 7.99. The summed E-state index contributed by atoms with van der Waals surface area (Å²) in [6.45, 7) is 3.58. The Hall–Kier alpha value is -2.69. The molecule has 2 heterocycles. The summed E-state index contributed by atoms with van der Waals surface area (Å²) in [6.07, 6.45) is 3.65. The summed E-state index contributed by atoms with van der Waals surface area (Å²) in [6, 6.07) is 19.2. The van der Waals surface area contributed by atoms with E-state index >= 15 is 0 Å². The number of nitrogens with one attached hydrogen (secondary N) is 2. The van der Waals surface area contributed by atoms with Crippen LogP contribution in [0.1, 0.15) is 48.6 Å². The van der Waals surface area contributed by atoms with Crippen LogP contribution in [0.5, 0.6) is 5.75 Å². The van der Waals surface area contributed by atoms with Gasteiger partial charge in [-0.15, -0.1) is 0 Å². The molecule has 2 aliphatic rings. The Balaban J connectivity index is 0.000000178. The summed E-state index contributed by atoms with van der Waals surface area (Å²) in [5.41, 5.74) is 1.48. The van der Waals surface area contributed by atoms with Crippen LogP contribution in [0.25, 0.3) is 0 Å². The Kier molecular flexibility index (Phi) is 12.1. The van der Waals surface area contributed by atoms with Crippen molar-refractivity contribution in [3.8, 4) is 5.75 Å². The second kappa shape index (κ2) is 16.2. The van der Waals surface area contributed by atoms with Crippen molar-refractivity contribution in [2.75, 3.05) is 33.3 Å². The summed E-state index contributed by atoms with van der Waals surface area (Å²) in [7, 11) is 1.61. The molecule has 0 unspecified atom stereocenters. The molecule has 45 heavy (non-hydrogen) atoms. The molecule has 0 bridgehead atoms. The molecule has 3 nitrogen and oxygen atoms in total. The van der Waals surface area contributed by atoms with E-state index in [2.05, 4.69) is 10.6 Å². The summed E-state index contributed by atoms with van der Waals surface area (Å²) >= 11 is 9.01. The van der Waals surface area contributed by atoms with Crippen LogP contribution < -0.4 is 15.4 Å². The summed E-state index contributed by atoms with van der Waals surface area (Å²) in [5, 5.41) is 7.21. The van der Waals surface area contributed by atoms with Crippen LogP contribution >= 0.6 is 35.1 Å². The molecule has 2 N–H and O–H groups in total. The van der Waals surface area contributed by atoms with Crippen LogP contribution in [-0.2, 0) is 0 Å². The molecular weight excluding hydrogens is 640 g/mol. The van der Waals surface area contributed by atoms with Crippen molar-refractivity contribution in [2.45, 2.75) is 57.1 Å². The smallest absolute Gasteiger partial charge is 0.140 e. The normalized spacial score (nSPS) is 15.8. The van der Waals surface area contributed by atoms with E-state index in [0.29, 0.717) is 20.4 Å². The molecule has 10 heteroatoms. The second-order valence-electron chi connectivity index (χ2n) is 10.9. The first-order chi connectivity index (χ1) is 21.8. The van der Waals surface area contributed by atoms with Crippen molar-refractivity contribution >= 4 is 35.1 Å². The number of methoxy groups -OCH3 is 1. The largest absolute Gasteiger partial charge is 0.497 e. The SMILES string of the molecule is COc1ccc(Sc2cccc(F)c2C2CCNCC2)c(Cl)c1.Fc1ccc(Sc2cccc(F)c2C2CCNCC2)c(F)c1. The van der Waals surface area contributed by atoms with Crippen LogP contribution in [0.4, 0.5) is 17.6 Å². The van der Waals surface area contributed by atoms with Gasteiger partial charge in [0.1, 0.15) is 29.0 Å². The van der Waals surface area contributed by atoms with E-state index in [1.165, 1.54) is 30.0 Å². The third kappa shape index (κ3) is 8.77. The lowest BCUT2D eigenvalue weighted by Gasteiger charge is -2.25. The Morgan fingerprint density at radius 2 is 1.13 bits per heavy atom. The van der Waals surface area contributed by atoms with Crippen molar-refractivity contribution in [3.05, 3.63) is 112 Å². The second-order valence-corrected chi connectivity index (χ2v) is 13.5. The van der Waals surface area contributed by atoms with Crippen molar-refractivity contribution in [3.63, 3.8) is 0 Å². The van der Waals surface area contributed by atoms with Crippen molar-refractivity contribution < 1.29 is 22.3 Å². The van der Waals surface area contributed by atoms with Gasteiger partial charge >= 0.3 is 0 Å². The Morgan fingerprint density at radius 1 is 0.622 bits per heavy atom. The highest BCUT2D eigenvalue weighted by atomic mass is 35.5. The van der Waals surface area contributed by atoms with Gasteiger partial charge in [0, 0.05) is 36.8 Å². The molecule has 0 aromatic heterocycles. The van der Waals surface area contributed by atoms with E-state index in [0.717, 1.165) is 90.8 Å². The maximum absolute atomic E-state index is 14.5. The molecule has 0 radical (unpaired) electrons. The Bertz CT molecular complexity index is 1600. The van der Waals surface area contributed by atoms with Gasteiger partial charge in [-0.05, 0) is 118 Å². The van der Waals surface area contributed by atoms with Gasteiger partial charge in [0.2, 0.25) is 0 Å². The summed E-state index contributed by atoms with van der Waals surface area (Å²) in [5.74, 6) is -0.487. The quantitative estimate of drug-likeness (QED) is 0.191. The van der Waals surface area contributed by atoms with Gasteiger partial charge in [-0.1, -0.05) is 47.3 Å². The highest BCUT2D eigenvalue weighted by Gasteiger charge is 2.24. The summed E-state index contributed by atoms with van der Waals surface area (Å²) in [4.78, 5) is 2.87. The molecule has 0 amide bonds. The number of ether oxygens (including phenoxy) is 1. The van der Waals surface area contributed by atoms with Crippen molar-refractivity contribution in [1.29, 1.82) is 0 Å². The van der Waals surface area contributed by atoms with Gasteiger partial charge in [-0.3, -0.25) is 0 Å². The molecule has 0 aliphatic carbocycles. The first-order valence-electron chi connectivity index (χ1n) is 15.0. The average molecular weight is 675 g/mol. The van der Waals surface area contributed by atoms with E-state index < -0.39 is 11.6 Å². The maximum Gasteiger partial charge on any atom is 0.140 e. The third-order valence-corrected chi connectivity index (χ3v) is 10.7. The molecule has 2 aliphatic heterocycles. The monoisotopic (exact) mass is 674 g/mol. The fourth-order valence-corrected chi connectivity index (χ4v) is 8.10. The predicted molar refractivity (Wildman–Crippen MR) is 175 cm³/mol. The molecular formula is C35H35ClF4N2OS2. The van der Waals surface area contributed by atoms with E-state index in [1.807, 2.05) is 18.2 Å². The van der Waals surface area contributed by atoms with Crippen LogP contribution in [0.2, 0.25) is 5.02 Å². The van der Waals surface area contributed by atoms with Gasteiger partial charge in [0.05, 0.1) is 12.1 Å². The van der Waals surface area contributed by atoms with Crippen LogP contribution in [0.3, 0.4) is 0 Å². The number of hydrogen-bond donors (Lipinski definition) is 2. The van der Waals surface area contributed by atoms with Crippen LogP contribution in [-0.4, -0.2) is 33.3 Å². The van der Waals surface area contributed by atoms with E-state index in [-0.39, 0.29) is 23.5 Å². The molecule has 2 saturated heterocycles. The van der Waals surface area contributed by atoms with Gasteiger partial charge in [-0.25, -0.2) is 17.6 Å². The third-order valence-electron chi connectivity index (χ3n) is 7.99. The minimum absolute atomic E-state index is 0.119. The zero-order chi connectivity index (χ0) is 31.8. The molecule has 2 fully saturated rings. The Morgan fingerprint density at radius 3 is 1.62 bits per heavy atom. The van der Waals surface area contributed by atoms with Gasteiger partial charge in [0.25, 0.3) is 0 Å². The lowest BCUT2D eigenvalue weighted by molar-refractivity contribution is 0.414. The fraction of sp³-hybridized carbons (Fsp3) is 0.314. The van der Waals surface area contributed by atoms with Gasteiger partial charge < -0.3 is 15.4 Å². The van der Waals surface area contributed by atoms with Crippen molar-refractivity contribution in [1.82, 2.24) is 10.6 Å². The van der Waals surface area contributed by atoms with E-state index in [1.54, 1.807) is 37.4 Å². The van der Waals surface area contributed by atoms with Crippen molar-refractivity contribution in [2.24, 2.45) is 0 Å². The molecule has 6 rings (SSSR count). The lowest BCUT2D eigenvalue weighted by atomic mass is 9.90. The van der Waals surface area contributed by atoms with Crippen LogP contribution in [0, 0.1) is 23.3 Å². The molecule has 4 aromatic carbocycles.